The highest BCUT2D eigenvalue weighted by molar-refractivity contribution is 6.04. The van der Waals surface area contributed by atoms with Crippen molar-refractivity contribution >= 4 is 17.6 Å². The highest BCUT2D eigenvalue weighted by atomic mass is 16.4. The van der Waals surface area contributed by atoms with Gasteiger partial charge in [0.2, 0.25) is 0 Å². The number of hydrogen-bond donors (Lipinski definition) is 3. The van der Waals surface area contributed by atoms with Gasteiger partial charge < -0.3 is 10.4 Å². The zero-order valence-electron chi connectivity index (χ0n) is 13.3. The Kier molecular flexibility index (Phi) is 4.21. The fourth-order valence-corrected chi connectivity index (χ4v) is 2.45. The van der Waals surface area contributed by atoms with Crippen LogP contribution in [0, 0.1) is 6.92 Å². The summed E-state index contributed by atoms with van der Waals surface area (Å²) in [6, 6.07) is 14.6. The molecule has 1 amide bonds. The molecule has 3 N–H and O–H groups in total. The van der Waals surface area contributed by atoms with E-state index in [1.54, 1.807) is 49.4 Å². The Hall–Kier alpha value is -3.61. The van der Waals surface area contributed by atoms with E-state index >= 15 is 0 Å². The largest absolute Gasteiger partial charge is 0.478 e. The molecule has 0 aliphatic carbocycles. The van der Waals surface area contributed by atoms with Crippen LogP contribution in [0.3, 0.4) is 0 Å². The van der Waals surface area contributed by atoms with E-state index in [0.29, 0.717) is 16.9 Å². The van der Waals surface area contributed by atoms with Gasteiger partial charge in [-0.3, -0.25) is 19.4 Å². The number of aromatic amines is 1. The van der Waals surface area contributed by atoms with Gasteiger partial charge in [-0.05, 0) is 43.3 Å². The predicted molar refractivity (Wildman–Crippen MR) is 92.5 cm³/mol. The number of H-pyrrole nitrogens is 1. The summed E-state index contributed by atoms with van der Waals surface area (Å²) in [5.41, 5.74) is 1.39. The highest BCUT2D eigenvalue weighted by Crippen LogP contribution is 2.16. The second-order valence-corrected chi connectivity index (χ2v) is 5.41. The lowest BCUT2D eigenvalue weighted by molar-refractivity contribution is 0.0696. The number of aromatic nitrogens is 2. The van der Waals surface area contributed by atoms with Crippen molar-refractivity contribution in [2.75, 3.05) is 5.32 Å². The first kappa shape index (κ1) is 16.3. The Morgan fingerprint density at radius 1 is 1.00 bits per heavy atom. The molecule has 0 saturated heterocycles. The first-order valence-electron chi connectivity index (χ1n) is 7.49. The number of carbonyl (C=O) groups is 2. The first-order chi connectivity index (χ1) is 12.0. The van der Waals surface area contributed by atoms with Gasteiger partial charge in [-0.15, -0.1) is 0 Å². The van der Waals surface area contributed by atoms with Crippen LogP contribution >= 0.6 is 0 Å². The lowest BCUT2D eigenvalue weighted by Gasteiger charge is -2.07. The van der Waals surface area contributed by atoms with Crippen LogP contribution in [0.4, 0.5) is 5.69 Å². The second-order valence-electron chi connectivity index (χ2n) is 5.41. The Morgan fingerprint density at radius 2 is 1.64 bits per heavy atom. The standard InChI is InChI=1S/C18H15N3O4/c1-11-15(19-16(22)12-5-3-2-4-6-12)17(23)20-21(11)14-9-7-13(8-10-14)18(24)25/h2-10H,1H3,(H,19,22)(H,20,23)(H,24,25). The molecule has 0 atom stereocenters. The molecule has 0 saturated carbocycles. The fourth-order valence-electron chi connectivity index (χ4n) is 2.45. The summed E-state index contributed by atoms with van der Waals surface area (Å²) < 4.78 is 1.49. The number of hydrogen-bond acceptors (Lipinski definition) is 3. The van der Waals surface area contributed by atoms with E-state index in [-0.39, 0.29) is 17.2 Å². The van der Waals surface area contributed by atoms with Gasteiger partial charge in [0.05, 0.1) is 16.9 Å². The number of nitrogens with one attached hydrogen (secondary N) is 2. The van der Waals surface area contributed by atoms with Crippen LogP contribution in [-0.4, -0.2) is 26.8 Å². The molecule has 25 heavy (non-hydrogen) atoms. The van der Waals surface area contributed by atoms with Gasteiger partial charge in [0.1, 0.15) is 5.69 Å². The van der Waals surface area contributed by atoms with Crippen LogP contribution in [-0.2, 0) is 0 Å². The number of benzene rings is 2. The van der Waals surface area contributed by atoms with Gasteiger partial charge in [0.25, 0.3) is 11.5 Å². The Bertz CT molecular complexity index is 985. The van der Waals surface area contributed by atoms with Gasteiger partial charge in [-0.25, -0.2) is 4.79 Å². The molecule has 1 heterocycles. The summed E-state index contributed by atoms with van der Waals surface area (Å²) in [5.74, 6) is -1.41. The highest BCUT2D eigenvalue weighted by Gasteiger charge is 2.16. The average molecular weight is 337 g/mol. The number of carbonyl (C=O) groups excluding carboxylic acids is 1. The number of carboxylic acid groups (broad SMARTS) is 1. The molecule has 3 aromatic rings. The maximum atomic E-state index is 12.2. The Balaban J connectivity index is 1.92. The molecule has 0 aliphatic heterocycles. The van der Waals surface area contributed by atoms with Crippen molar-refractivity contribution in [1.82, 2.24) is 9.78 Å². The second kappa shape index (κ2) is 6.48. The summed E-state index contributed by atoms with van der Waals surface area (Å²) >= 11 is 0. The summed E-state index contributed by atoms with van der Waals surface area (Å²) in [4.78, 5) is 35.4. The van der Waals surface area contributed by atoms with Crippen LogP contribution in [0.25, 0.3) is 5.69 Å². The molecule has 7 nitrogen and oxygen atoms in total. The summed E-state index contributed by atoms with van der Waals surface area (Å²) in [6.45, 7) is 1.68. The number of rotatable bonds is 4. The molecule has 1 aromatic heterocycles. The minimum Gasteiger partial charge on any atom is -0.478 e. The van der Waals surface area contributed by atoms with Crippen LogP contribution in [0.5, 0.6) is 0 Å². The smallest absolute Gasteiger partial charge is 0.335 e. The normalized spacial score (nSPS) is 10.4. The summed E-state index contributed by atoms with van der Waals surface area (Å²) in [6.07, 6.45) is 0. The maximum absolute atomic E-state index is 12.2. The van der Waals surface area contributed by atoms with Crippen LogP contribution in [0.1, 0.15) is 26.4 Å². The molecular weight excluding hydrogens is 322 g/mol. The van der Waals surface area contributed by atoms with Crippen molar-refractivity contribution in [3.05, 3.63) is 81.8 Å². The summed E-state index contributed by atoms with van der Waals surface area (Å²) in [7, 11) is 0. The quantitative estimate of drug-likeness (QED) is 0.680. The van der Waals surface area contributed by atoms with Crippen molar-refractivity contribution in [3.63, 3.8) is 0 Å². The molecule has 3 rings (SSSR count). The van der Waals surface area contributed by atoms with E-state index in [1.165, 1.54) is 16.8 Å². The third-order valence-electron chi connectivity index (χ3n) is 3.78. The van der Waals surface area contributed by atoms with Crippen molar-refractivity contribution in [3.8, 4) is 5.69 Å². The molecule has 0 bridgehead atoms. The monoisotopic (exact) mass is 337 g/mol. The average Bonchev–Trinajstić information content (AvgIpc) is 2.90. The Morgan fingerprint density at radius 3 is 2.24 bits per heavy atom. The lowest BCUT2D eigenvalue weighted by atomic mass is 10.2. The molecule has 7 heteroatoms. The van der Waals surface area contributed by atoms with Crippen molar-refractivity contribution in [2.24, 2.45) is 0 Å². The molecule has 2 aromatic carbocycles. The van der Waals surface area contributed by atoms with Crippen molar-refractivity contribution in [2.45, 2.75) is 6.92 Å². The fraction of sp³-hybridized carbons (Fsp3) is 0.0556. The molecule has 0 fully saturated rings. The van der Waals surface area contributed by atoms with E-state index in [1.807, 2.05) is 0 Å². The maximum Gasteiger partial charge on any atom is 0.335 e. The topological polar surface area (TPSA) is 104 Å². The van der Waals surface area contributed by atoms with Gasteiger partial charge in [0.15, 0.2) is 0 Å². The Labute approximate surface area is 142 Å². The van der Waals surface area contributed by atoms with Gasteiger partial charge >= 0.3 is 5.97 Å². The van der Waals surface area contributed by atoms with Crippen molar-refractivity contribution in [1.29, 1.82) is 0 Å². The molecule has 0 unspecified atom stereocenters. The summed E-state index contributed by atoms with van der Waals surface area (Å²) in [5, 5.41) is 14.2. The van der Waals surface area contributed by atoms with E-state index in [4.69, 9.17) is 5.11 Å². The number of nitrogens with zero attached hydrogens (tertiary/aromatic N) is 1. The van der Waals surface area contributed by atoms with E-state index in [0.717, 1.165) is 0 Å². The first-order valence-corrected chi connectivity index (χ1v) is 7.49. The van der Waals surface area contributed by atoms with Gasteiger partial charge in [-0.1, -0.05) is 18.2 Å². The predicted octanol–water partition coefficient (Wildman–Crippen LogP) is 2.42. The van der Waals surface area contributed by atoms with E-state index in [2.05, 4.69) is 10.4 Å². The zero-order chi connectivity index (χ0) is 18.0. The van der Waals surface area contributed by atoms with Crippen molar-refractivity contribution < 1.29 is 14.7 Å². The third-order valence-corrected chi connectivity index (χ3v) is 3.78. The minimum atomic E-state index is -1.03. The third kappa shape index (κ3) is 3.20. The van der Waals surface area contributed by atoms with E-state index < -0.39 is 11.5 Å². The SMILES string of the molecule is Cc1c(NC(=O)c2ccccc2)c(=O)[nH]n1-c1ccc(C(=O)O)cc1. The molecule has 0 spiro atoms. The van der Waals surface area contributed by atoms with Gasteiger partial charge in [-0.2, -0.15) is 0 Å². The molecule has 126 valence electrons. The zero-order valence-corrected chi connectivity index (χ0v) is 13.3. The molecular formula is C18H15N3O4. The van der Waals surface area contributed by atoms with Crippen LogP contribution in [0.15, 0.2) is 59.4 Å². The number of aromatic carboxylic acids is 1. The number of anilines is 1. The van der Waals surface area contributed by atoms with Crippen LogP contribution < -0.4 is 10.9 Å². The number of carboxylic acids is 1. The number of amides is 1. The lowest BCUT2D eigenvalue weighted by Crippen LogP contribution is -2.17. The van der Waals surface area contributed by atoms with Gasteiger partial charge in [0, 0.05) is 5.56 Å². The molecule has 0 radical (unpaired) electrons. The van der Waals surface area contributed by atoms with E-state index in [9.17, 15) is 14.4 Å². The van der Waals surface area contributed by atoms with Crippen LogP contribution in [0.2, 0.25) is 0 Å². The minimum absolute atomic E-state index is 0.147. The molecule has 0 aliphatic rings.